The van der Waals surface area contributed by atoms with E-state index in [0.717, 1.165) is 12.8 Å². The summed E-state index contributed by atoms with van der Waals surface area (Å²) in [4.78, 5) is 23.9. The van der Waals surface area contributed by atoms with Crippen LogP contribution in [0.15, 0.2) is 24.3 Å². The molecule has 7 nitrogen and oxygen atoms in total. The molecule has 24 heavy (non-hydrogen) atoms. The van der Waals surface area contributed by atoms with Crippen LogP contribution >= 0.6 is 0 Å². The third-order valence-electron chi connectivity index (χ3n) is 4.07. The number of nitrogens with one attached hydrogen (secondary N) is 1. The molecule has 1 aliphatic carbocycles. The van der Waals surface area contributed by atoms with E-state index in [9.17, 15) is 18.0 Å². The molecule has 0 spiro atoms. The average molecular weight is 352 g/mol. The number of nitrogens with zero attached hydrogens (tertiary/aromatic N) is 1. The van der Waals surface area contributed by atoms with Crippen molar-refractivity contribution in [3.05, 3.63) is 29.8 Å². The Balaban J connectivity index is 1.62. The van der Waals surface area contributed by atoms with Crippen molar-refractivity contribution >= 4 is 27.6 Å². The number of hydrogen-bond acceptors (Lipinski definition) is 5. The van der Waals surface area contributed by atoms with E-state index >= 15 is 0 Å². The van der Waals surface area contributed by atoms with Crippen LogP contribution in [-0.4, -0.2) is 44.7 Å². The first-order valence-electron chi connectivity index (χ1n) is 7.99. The van der Waals surface area contributed by atoms with Crippen LogP contribution in [0.4, 0.5) is 5.69 Å². The zero-order valence-corrected chi connectivity index (χ0v) is 14.2. The van der Waals surface area contributed by atoms with Gasteiger partial charge in [0.2, 0.25) is 10.0 Å². The molecule has 2 fully saturated rings. The lowest BCUT2D eigenvalue weighted by molar-refractivity contribution is -0.129. The van der Waals surface area contributed by atoms with Gasteiger partial charge in [-0.25, -0.2) is 13.2 Å². The molecule has 1 unspecified atom stereocenters. The summed E-state index contributed by atoms with van der Waals surface area (Å²) in [5, 5.41) is 2.78. The summed E-state index contributed by atoms with van der Waals surface area (Å²) in [6.45, 7) is 1.98. The maximum Gasteiger partial charge on any atom is 0.338 e. The van der Waals surface area contributed by atoms with Gasteiger partial charge >= 0.3 is 5.97 Å². The van der Waals surface area contributed by atoms with E-state index < -0.39 is 22.1 Å². The molecule has 1 saturated carbocycles. The zero-order chi connectivity index (χ0) is 17.3. The second kappa shape index (κ2) is 6.43. The lowest BCUT2D eigenvalue weighted by Crippen LogP contribution is -2.37. The van der Waals surface area contributed by atoms with E-state index in [4.69, 9.17) is 4.74 Å². The molecule has 0 bridgehead atoms. The maximum atomic E-state index is 12.1. The van der Waals surface area contributed by atoms with Crippen molar-refractivity contribution in [3.8, 4) is 0 Å². The zero-order valence-electron chi connectivity index (χ0n) is 13.4. The van der Waals surface area contributed by atoms with Crippen molar-refractivity contribution in [3.63, 3.8) is 0 Å². The third kappa shape index (κ3) is 3.69. The Morgan fingerprint density at radius 3 is 2.46 bits per heavy atom. The van der Waals surface area contributed by atoms with Gasteiger partial charge in [0.25, 0.3) is 5.91 Å². The second-order valence-electron chi connectivity index (χ2n) is 6.12. The van der Waals surface area contributed by atoms with E-state index in [0.29, 0.717) is 18.7 Å². The average Bonchev–Trinajstić information content (AvgIpc) is 3.28. The number of benzene rings is 1. The molecule has 1 aliphatic heterocycles. The lowest BCUT2D eigenvalue weighted by Gasteiger charge is -2.17. The molecule has 130 valence electrons. The molecule has 3 rings (SSSR count). The van der Waals surface area contributed by atoms with E-state index in [1.54, 1.807) is 12.1 Å². The largest absolute Gasteiger partial charge is 0.449 e. The predicted octanol–water partition coefficient (Wildman–Crippen LogP) is 1.05. The molecular formula is C16H20N2O5S. The Hall–Kier alpha value is -2.09. The van der Waals surface area contributed by atoms with Crippen molar-refractivity contribution in [2.75, 3.05) is 16.6 Å². The first-order chi connectivity index (χ1) is 11.4. The van der Waals surface area contributed by atoms with E-state index in [2.05, 4.69) is 5.32 Å². The van der Waals surface area contributed by atoms with Crippen molar-refractivity contribution < 1.29 is 22.7 Å². The van der Waals surface area contributed by atoms with Crippen LogP contribution in [0.2, 0.25) is 0 Å². The van der Waals surface area contributed by atoms with Crippen LogP contribution in [0.3, 0.4) is 0 Å². The van der Waals surface area contributed by atoms with Gasteiger partial charge in [0.15, 0.2) is 6.10 Å². The minimum absolute atomic E-state index is 0.143. The molecule has 8 heteroatoms. The van der Waals surface area contributed by atoms with Gasteiger partial charge in [0, 0.05) is 12.6 Å². The number of sulfonamides is 1. The number of esters is 1. The van der Waals surface area contributed by atoms with Gasteiger partial charge in [-0.05, 0) is 50.5 Å². The Bertz CT molecular complexity index is 740. The molecule has 1 heterocycles. The van der Waals surface area contributed by atoms with Gasteiger partial charge in [-0.15, -0.1) is 0 Å². The summed E-state index contributed by atoms with van der Waals surface area (Å²) in [6.07, 6.45) is 1.66. The van der Waals surface area contributed by atoms with Crippen molar-refractivity contribution in [1.29, 1.82) is 0 Å². The van der Waals surface area contributed by atoms with E-state index in [1.807, 2.05) is 0 Å². The molecule has 2 aliphatic rings. The van der Waals surface area contributed by atoms with Gasteiger partial charge in [-0.1, -0.05) is 0 Å². The first-order valence-corrected chi connectivity index (χ1v) is 9.59. The maximum absolute atomic E-state index is 12.1. The molecule has 1 atom stereocenters. The highest BCUT2D eigenvalue weighted by molar-refractivity contribution is 7.93. The smallest absolute Gasteiger partial charge is 0.338 e. The van der Waals surface area contributed by atoms with E-state index in [1.165, 1.54) is 23.4 Å². The molecule has 1 aromatic rings. The normalized spacial score (nSPS) is 20.5. The third-order valence-corrected chi connectivity index (χ3v) is 5.94. The Kier molecular flexibility index (Phi) is 4.49. The van der Waals surface area contributed by atoms with Crippen LogP contribution in [0.1, 0.15) is 36.5 Å². The number of ether oxygens (including phenoxy) is 1. The Morgan fingerprint density at radius 2 is 1.92 bits per heavy atom. The Labute approximate surface area is 141 Å². The molecular weight excluding hydrogens is 332 g/mol. The first kappa shape index (κ1) is 16.8. The Morgan fingerprint density at radius 1 is 1.25 bits per heavy atom. The van der Waals surface area contributed by atoms with Crippen LogP contribution < -0.4 is 9.62 Å². The minimum Gasteiger partial charge on any atom is -0.449 e. The number of anilines is 1. The van der Waals surface area contributed by atoms with Crippen molar-refractivity contribution in [2.24, 2.45) is 0 Å². The summed E-state index contributed by atoms with van der Waals surface area (Å²) >= 11 is 0. The quantitative estimate of drug-likeness (QED) is 0.800. The monoisotopic (exact) mass is 352 g/mol. The fourth-order valence-electron chi connectivity index (χ4n) is 2.52. The number of amides is 1. The van der Waals surface area contributed by atoms with Gasteiger partial charge in [0.1, 0.15) is 0 Å². The summed E-state index contributed by atoms with van der Waals surface area (Å²) in [7, 11) is -3.24. The molecule has 0 aromatic heterocycles. The predicted molar refractivity (Wildman–Crippen MR) is 88.2 cm³/mol. The fourth-order valence-corrected chi connectivity index (χ4v) is 4.09. The topological polar surface area (TPSA) is 92.8 Å². The lowest BCUT2D eigenvalue weighted by atomic mass is 10.2. The number of rotatable bonds is 5. The molecule has 1 aromatic carbocycles. The minimum atomic E-state index is -3.24. The van der Waals surface area contributed by atoms with Gasteiger partial charge in [0.05, 0.1) is 17.0 Å². The van der Waals surface area contributed by atoms with Crippen LogP contribution in [0.5, 0.6) is 0 Å². The highest BCUT2D eigenvalue weighted by atomic mass is 32.2. The van der Waals surface area contributed by atoms with Gasteiger partial charge in [-0.3, -0.25) is 9.10 Å². The second-order valence-corrected chi connectivity index (χ2v) is 8.13. The van der Waals surface area contributed by atoms with Crippen LogP contribution in [0, 0.1) is 0 Å². The molecule has 1 saturated heterocycles. The number of hydrogen-bond donors (Lipinski definition) is 1. The summed E-state index contributed by atoms with van der Waals surface area (Å²) in [5.74, 6) is -0.764. The molecule has 0 radical (unpaired) electrons. The highest BCUT2D eigenvalue weighted by Gasteiger charge is 2.29. The summed E-state index contributed by atoms with van der Waals surface area (Å²) < 4.78 is 30.3. The van der Waals surface area contributed by atoms with Gasteiger partial charge < -0.3 is 10.1 Å². The van der Waals surface area contributed by atoms with Crippen molar-refractivity contribution in [1.82, 2.24) is 5.32 Å². The standard InChI is InChI=1S/C16H20N2O5S/c1-11(15(19)17-13-5-6-13)23-16(20)12-3-7-14(8-4-12)18-9-2-10-24(18,21)22/h3-4,7-8,11,13H,2,5-6,9-10H2,1H3,(H,17,19). The molecule has 1 N–H and O–H groups in total. The van der Waals surface area contributed by atoms with Crippen LogP contribution in [-0.2, 0) is 19.6 Å². The van der Waals surface area contributed by atoms with Crippen LogP contribution in [0.25, 0.3) is 0 Å². The number of carbonyl (C=O) groups is 2. The van der Waals surface area contributed by atoms with Crippen molar-refractivity contribution in [2.45, 2.75) is 38.3 Å². The summed E-state index contributed by atoms with van der Waals surface area (Å²) in [5.41, 5.74) is 0.810. The van der Waals surface area contributed by atoms with E-state index in [-0.39, 0.29) is 23.3 Å². The fraction of sp³-hybridized carbons (Fsp3) is 0.500. The number of carbonyl (C=O) groups excluding carboxylic acids is 2. The highest BCUT2D eigenvalue weighted by Crippen LogP contribution is 2.24. The molecule has 1 amide bonds. The summed E-state index contributed by atoms with van der Waals surface area (Å²) in [6, 6.07) is 6.39. The SMILES string of the molecule is CC(OC(=O)c1ccc(N2CCCS2(=O)=O)cc1)C(=O)NC1CC1. The van der Waals surface area contributed by atoms with Gasteiger partial charge in [-0.2, -0.15) is 0 Å².